The first-order valence-electron chi connectivity index (χ1n) is 3.76. The Kier molecular flexibility index (Phi) is 5.30. The molecular weight excluding hydrogens is 254 g/mol. The Morgan fingerprint density at radius 1 is 1.67 bits per heavy atom. The third kappa shape index (κ3) is 3.47. The lowest BCUT2D eigenvalue weighted by atomic mass is 10.4. The second-order valence-corrected chi connectivity index (χ2v) is 5.20. The summed E-state index contributed by atoms with van der Waals surface area (Å²) >= 11 is 7.16. The second kappa shape index (κ2) is 6.02. The molecule has 1 aromatic heterocycles. The fraction of sp³-hybridized carbons (Fsp3) is 0.500. The van der Waals surface area contributed by atoms with E-state index in [4.69, 9.17) is 0 Å². The molecule has 68 valence electrons. The van der Waals surface area contributed by atoms with Crippen molar-refractivity contribution in [2.24, 2.45) is 0 Å². The highest BCUT2D eigenvalue weighted by Crippen LogP contribution is 2.21. The van der Waals surface area contributed by atoms with Crippen LogP contribution in [0.1, 0.15) is 4.88 Å². The number of rotatable bonds is 5. The van der Waals surface area contributed by atoms with Gasteiger partial charge in [0.15, 0.2) is 0 Å². The van der Waals surface area contributed by atoms with E-state index in [9.17, 15) is 0 Å². The van der Waals surface area contributed by atoms with Crippen molar-refractivity contribution in [3.8, 4) is 0 Å². The molecule has 0 fully saturated rings. The molecule has 1 heterocycles. The number of hydrogen-bond acceptors (Lipinski definition) is 3. The fourth-order valence-electron chi connectivity index (χ4n) is 0.827. The van der Waals surface area contributed by atoms with Gasteiger partial charge in [-0.05, 0) is 33.6 Å². The molecule has 0 aromatic carbocycles. The summed E-state index contributed by atoms with van der Waals surface area (Å²) in [4.78, 5) is 1.39. The summed E-state index contributed by atoms with van der Waals surface area (Å²) in [7, 11) is 0. The van der Waals surface area contributed by atoms with Crippen LogP contribution in [0.4, 0.5) is 0 Å². The number of thiophene rings is 1. The van der Waals surface area contributed by atoms with Crippen LogP contribution < -0.4 is 5.32 Å². The van der Waals surface area contributed by atoms with Gasteiger partial charge in [0.05, 0.1) is 0 Å². The van der Waals surface area contributed by atoms with Gasteiger partial charge in [0.2, 0.25) is 0 Å². The second-order valence-electron chi connectivity index (χ2n) is 2.36. The normalized spacial score (nSPS) is 10.5. The molecule has 1 N–H and O–H groups in total. The summed E-state index contributed by atoms with van der Waals surface area (Å²) in [6.45, 7) is 2.07. The quantitative estimate of drug-likeness (QED) is 0.822. The Bertz CT molecular complexity index is 225. The van der Waals surface area contributed by atoms with Crippen LogP contribution >= 0.6 is 39.0 Å². The van der Waals surface area contributed by atoms with Crippen molar-refractivity contribution in [3.05, 3.63) is 20.8 Å². The highest BCUT2D eigenvalue weighted by atomic mass is 79.9. The molecule has 0 aliphatic heterocycles. The SMILES string of the molecule is CSCCNCc1sccc1Br. The van der Waals surface area contributed by atoms with E-state index in [2.05, 4.69) is 38.9 Å². The fourth-order valence-corrected chi connectivity index (χ4v) is 2.64. The van der Waals surface area contributed by atoms with E-state index in [1.54, 1.807) is 11.3 Å². The van der Waals surface area contributed by atoms with E-state index in [0.29, 0.717) is 0 Å². The van der Waals surface area contributed by atoms with Crippen LogP contribution in [0, 0.1) is 0 Å². The Morgan fingerprint density at radius 3 is 3.08 bits per heavy atom. The average Bonchev–Trinajstić information content (AvgIpc) is 2.46. The number of halogens is 1. The Hall–Kier alpha value is 0.490. The van der Waals surface area contributed by atoms with Gasteiger partial charge < -0.3 is 5.32 Å². The van der Waals surface area contributed by atoms with Crippen molar-refractivity contribution < 1.29 is 0 Å². The van der Waals surface area contributed by atoms with Crippen molar-refractivity contribution in [3.63, 3.8) is 0 Å². The predicted molar refractivity (Wildman–Crippen MR) is 62.1 cm³/mol. The van der Waals surface area contributed by atoms with Gasteiger partial charge in [-0.25, -0.2) is 0 Å². The maximum absolute atomic E-state index is 3.50. The molecule has 0 bridgehead atoms. The maximum Gasteiger partial charge on any atom is 0.0327 e. The third-order valence-corrected chi connectivity index (χ3v) is 4.00. The molecule has 0 saturated carbocycles. The zero-order chi connectivity index (χ0) is 8.81. The van der Waals surface area contributed by atoms with Crippen molar-refractivity contribution in [1.29, 1.82) is 0 Å². The van der Waals surface area contributed by atoms with Crippen LogP contribution in [0.3, 0.4) is 0 Å². The Balaban J connectivity index is 2.20. The lowest BCUT2D eigenvalue weighted by Crippen LogP contribution is -2.15. The maximum atomic E-state index is 3.50. The molecule has 0 unspecified atom stereocenters. The molecule has 0 radical (unpaired) electrons. The van der Waals surface area contributed by atoms with Crippen molar-refractivity contribution in [2.45, 2.75) is 6.54 Å². The van der Waals surface area contributed by atoms with Crippen LogP contribution in [0.5, 0.6) is 0 Å². The highest BCUT2D eigenvalue weighted by Gasteiger charge is 1.98. The van der Waals surface area contributed by atoms with Crippen molar-refractivity contribution in [2.75, 3.05) is 18.6 Å². The predicted octanol–water partition coefficient (Wildman–Crippen LogP) is 2.96. The van der Waals surface area contributed by atoms with E-state index in [0.717, 1.165) is 13.1 Å². The van der Waals surface area contributed by atoms with E-state index >= 15 is 0 Å². The molecule has 0 spiro atoms. The molecule has 1 rings (SSSR count). The highest BCUT2D eigenvalue weighted by molar-refractivity contribution is 9.10. The Labute approximate surface area is 90.1 Å². The van der Waals surface area contributed by atoms with Crippen LogP contribution in [-0.4, -0.2) is 18.6 Å². The van der Waals surface area contributed by atoms with Crippen molar-refractivity contribution >= 4 is 39.0 Å². The van der Waals surface area contributed by atoms with Crippen molar-refractivity contribution in [1.82, 2.24) is 5.32 Å². The van der Waals surface area contributed by atoms with Gasteiger partial charge in [-0.2, -0.15) is 11.8 Å². The van der Waals surface area contributed by atoms with Gasteiger partial charge in [-0.3, -0.25) is 0 Å². The molecule has 0 amide bonds. The first-order chi connectivity index (χ1) is 5.84. The molecule has 0 saturated heterocycles. The largest absolute Gasteiger partial charge is 0.311 e. The molecule has 0 aliphatic rings. The minimum atomic E-state index is 0.985. The summed E-state index contributed by atoms with van der Waals surface area (Å²) in [6, 6.07) is 2.09. The molecule has 4 heteroatoms. The minimum Gasteiger partial charge on any atom is -0.311 e. The Morgan fingerprint density at radius 2 is 2.50 bits per heavy atom. The van der Waals surface area contributed by atoms with Crippen LogP contribution in [0.2, 0.25) is 0 Å². The number of thioether (sulfide) groups is 1. The van der Waals surface area contributed by atoms with E-state index < -0.39 is 0 Å². The molecule has 1 nitrogen and oxygen atoms in total. The van der Waals surface area contributed by atoms with Gasteiger partial charge >= 0.3 is 0 Å². The lowest BCUT2D eigenvalue weighted by Gasteiger charge is -2.01. The van der Waals surface area contributed by atoms with E-state index in [1.807, 2.05) is 11.8 Å². The lowest BCUT2D eigenvalue weighted by molar-refractivity contribution is 0.739. The molecule has 0 atom stereocenters. The first-order valence-corrected chi connectivity index (χ1v) is 6.82. The van der Waals surface area contributed by atoms with Gasteiger partial charge in [0.1, 0.15) is 0 Å². The summed E-state index contributed by atoms with van der Waals surface area (Å²) < 4.78 is 1.23. The van der Waals surface area contributed by atoms with Gasteiger partial charge in [-0.1, -0.05) is 0 Å². The summed E-state index contributed by atoms with van der Waals surface area (Å²) in [5, 5.41) is 5.50. The minimum absolute atomic E-state index is 0.985. The van der Waals surface area contributed by atoms with Crippen LogP contribution in [-0.2, 0) is 6.54 Å². The molecular formula is C8H12BrNS2. The number of hydrogen-bond donors (Lipinski definition) is 1. The molecule has 0 aliphatic carbocycles. The van der Waals surface area contributed by atoms with Crippen LogP contribution in [0.25, 0.3) is 0 Å². The molecule has 1 aromatic rings. The van der Waals surface area contributed by atoms with Gasteiger partial charge in [0, 0.05) is 28.2 Å². The summed E-state index contributed by atoms with van der Waals surface area (Å²) in [5.74, 6) is 1.18. The standard InChI is InChI=1S/C8H12BrNS2/c1-11-5-3-10-6-8-7(9)2-4-12-8/h2,4,10H,3,5-6H2,1H3. The monoisotopic (exact) mass is 265 g/mol. The number of nitrogens with one attached hydrogen (secondary N) is 1. The van der Waals surface area contributed by atoms with Gasteiger partial charge in [-0.15, -0.1) is 11.3 Å². The van der Waals surface area contributed by atoms with Gasteiger partial charge in [0.25, 0.3) is 0 Å². The zero-order valence-corrected chi connectivity index (χ0v) is 10.2. The van der Waals surface area contributed by atoms with E-state index in [1.165, 1.54) is 15.1 Å². The topological polar surface area (TPSA) is 12.0 Å². The molecule has 12 heavy (non-hydrogen) atoms. The smallest absolute Gasteiger partial charge is 0.0327 e. The first kappa shape index (κ1) is 10.6. The third-order valence-electron chi connectivity index (χ3n) is 1.46. The summed E-state index contributed by atoms with van der Waals surface area (Å²) in [6.07, 6.45) is 2.13. The average molecular weight is 266 g/mol. The zero-order valence-electron chi connectivity index (χ0n) is 6.97. The summed E-state index contributed by atoms with van der Waals surface area (Å²) in [5.41, 5.74) is 0. The van der Waals surface area contributed by atoms with E-state index in [-0.39, 0.29) is 0 Å². The van der Waals surface area contributed by atoms with Crippen LogP contribution in [0.15, 0.2) is 15.9 Å².